The highest BCUT2D eigenvalue weighted by Gasteiger charge is 2.40. The summed E-state index contributed by atoms with van der Waals surface area (Å²) in [5.41, 5.74) is 2.94. The van der Waals surface area contributed by atoms with Crippen molar-refractivity contribution in [2.45, 2.75) is 31.8 Å². The number of nitrogens with zero attached hydrogens (tertiary/aromatic N) is 2. The predicted octanol–water partition coefficient (Wildman–Crippen LogP) is 5.47. The molecule has 0 aliphatic carbocycles. The van der Waals surface area contributed by atoms with Gasteiger partial charge in [0.15, 0.2) is 5.11 Å². The maximum Gasteiger partial charge on any atom is 0.226 e. The number of aryl methyl sites for hydroxylation is 1. The van der Waals surface area contributed by atoms with Crippen molar-refractivity contribution >= 4 is 56.2 Å². The van der Waals surface area contributed by atoms with Gasteiger partial charge < -0.3 is 15.5 Å². The molecular weight excluding hydrogens is 492 g/mol. The number of amides is 1. The van der Waals surface area contributed by atoms with Crippen LogP contribution < -0.4 is 10.6 Å². The van der Waals surface area contributed by atoms with Crippen LogP contribution in [0.25, 0.3) is 0 Å². The van der Waals surface area contributed by atoms with Crippen molar-refractivity contribution in [3.05, 3.63) is 80.7 Å². The zero-order chi connectivity index (χ0) is 21.8. The minimum absolute atomic E-state index is 0.0175. The summed E-state index contributed by atoms with van der Waals surface area (Å²) in [6.45, 7) is 2.61. The van der Waals surface area contributed by atoms with E-state index in [0.717, 1.165) is 27.2 Å². The molecule has 2 aromatic heterocycles. The third-order valence-electron chi connectivity index (χ3n) is 5.34. The normalized spacial score (nSPS) is 18.1. The Labute approximate surface area is 200 Å². The van der Waals surface area contributed by atoms with Crippen LogP contribution in [-0.4, -0.2) is 27.4 Å². The van der Waals surface area contributed by atoms with Gasteiger partial charge in [0.05, 0.1) is 21.6 Å². The van der Waals surface area contributed by atoms with E-state index in [1.54, 1.807) is 17.5 Å². The zero-order valence-corrected chi connectivity index (χ0v) is 20.3. The van der Waals surface area contributed by atoms with Gasteiger partial charge in [0, 0.05) is 29.7 Å². The minimum atomic E-state index is -0.0665. The quantitative estimate of drug-likeness (QED) is 0.409. The van der Waals surface area contributed by atoms with E-state index >= 15 is 0 Å². The molecule has 1 amide bonds. The molecule has 2 N–H and O–H groups in total. The summed E-state index contributed by atoms with van der Waals surface area (Å²) in [5, 5.41) is 7.12. The number of carbonyl (C=O) groups is 1. The summed E-state index contributed by atoms with van der Waals surface area (Å²) in [6.07, 6.45) is 3.01. The molecule has 0 spiro atoms. The van der Waals surface area contributed by atoms with E-state index in [-0.39, 0.29) is 18.0 Å². The number of thiophene rings is 1. The van der Waals surface area contributed by atoms with Crippen LogP contribution in [0.15, 0.2) is 64.6 Å². The fourth-order valence-corrected chi connectivity index (χ4v) is 5.73. The number of para-hydroxylation sites is 1. The number of halogens is 1. The molecule has 31 heavy (non-hydrogen) atoms. The average molecular weight is 516 g/mol. The average Bonchev–Trinajstić information content (AvgIpc) is 3.35. The van der Waals surface area contributed by atoms with E-state index in [2.05, 4.69) is 49.4 Å². The van der Waals surface area contributed by atoms with Crippen molar-refractivity contribution in [3.63, 3.8) is 0 Å². The van der Waals surface area contributed by atoms with E-state index in [9.17, 15) is 4.79 Å². The van der Waals surface area contributed by atoms with Gasteiger partial charge in [-0.3, -0.25) is 9.78 Å². The first-order chi connectivity index (χ1) is 15.1. The Hall–Kier alpha value is -2.29. The first-order valence-corrected chi connectivity index (χ1v) is 12.2. The summed E-state index contributed by atoms with van der Waals surface area (Å²) in [7, 11) is 0. The lowest BCUT2D eigenvalue weighted by molar-refractivity contribution is -0.116. The van der Waals surface area contributed by atoms with Crippen LogP contribution in [0.5, 0.6) is 0 Å². The third kappa shape index (κ3) is 4.97. The number of pyridine rings is 1. The SMILES string of the molecule is CCc1ccccc1NC(=O)CCN1C(=S)NC(c2ccccn2)C1c1ccc(Br)s1. The van der Waals surface area contributed by atoms with E-state index in [0.29, 0.717) is 18.1 Å². The van der Waals surface area contributed by atoms with Gasteiger partial charge in [0.25, 0.3) is 0 Å². The Bertz CT molecular complexity index is 1070. The second-order valence-electron chi connectivity index (χ2n) is 7.27. The van der Waals surface area contributed by atoms with Crippen molar-refractivity contribution in [2.24, 2.45) is 0 Å². The Morgan fingerprint density at radius 2 is 2.03 bits per heavy atom. The first kappa shape index (κ1) is 21.9. The molecular formula is C23H23BrN4OS2. The molecule has 0 bridgehead atoms. The molecule has 0 saturated carbocycles. The maximum absolute atomic E-state index is 12.7. The highest BCUT2D eigenvalue weighted by Crippen LogP contribution is 2.42. The van der Waals surface area contributed by atoms with Gasteiger partial charge >= 0.3 is 0 Å². The molecule has 0 radical (unpaired) electrons. The van der Waals surface area contributed by atoms with Crippen LogP contribution in [0.4, 0.5) is 5.69 Å². The molecule has 1 fully saturated rings. The van der Waals surface area contributed by atoms with Crippen molar-refractivity contribution in [1.29, 1.82) is 0 Å². The van der Waals surface area contributed by atoms with Crippen LogP contribution >= 0.6 is 39.5 Å². The Morgan fingerprint density at radius 3 is 2.74 bits per heavy atom. The van der Waals surface area contributed by atoms with E-state index in [1.807, 2.05) is 48.5 Å². The summed E-state index contributed by atoms with van der Waals surface area (Å²) in [4.78, 5) is 20.6. The van der Waals surface area contributed by atoms with Gasteiger partial charge in [-0.2, -0.15) is 0 Å². The fourth-order valence-electron chi connectivity index (χ4n) is 3.83. The van der Waals surface area contributed by atoms with Crippen molar-refractivity contribution in [2.75, 3.05) is 11.9 Å². The zero-order valence-electron chi connectivity index (χ0n) is 17.0. The summed E-state index contributed by atoms with van der Waals surface area (Å²) in [6, 6.07) is 17.9. The standard InChI is InChI=1S/C23H23BrN4OS2/c1-2-15-7-3-4-8-16(15)26-20(29)12-14-28-22(18-10-11-19(24)31-18)21(27-23(28)30)17-9-5-6-13-25-17/h3-11,13,21-22H,2,12,14H2,1H3,(H,26,29)(H,27,30). The molecule has 2 atom stereocenters. The molecule has 3 aromatic rings. The van der Waals surface area contributed by atoms with E-state index in [4.69, 9.17) is 12.2 Å². The summed E-state index contributed by atoms with van der Waals surface area (Å²) >= 11 is 10.9. The number of anilines is 1. The summed E-state index contributed by atoms with van der Waals surface area (Å²) in [5.74, 6) is -0.0175. The lowest BCUT2D eigenvalue weighted by atomic mass is 10.0. The van der Waals surface area contributed by atoms with E-state index in [1.165, 1.54) is 4.88 Å². The van der Waals surface area contributed by atoms with Crippen LogP contribution in [0.3, 0.4) is 0 Å². The number of hydrogen-bond acceptors (Lipinski definition) is 4. The monoisotopic (exact) mass is 514 g/mol. The van der Waals surface area contributed by atoms with Gasteiger partial charge in [0.1, 0.15) is 0 Å². The van der Waals surface area contributed by atoms with E-state index < -0.39 is 0 Å². The third-order valence-corrected chi connectivity index (χ3v) is 7.38. The molecule has 1 saturated heterocycles. The smallest absolute Gasteiger partial charge is 0.226 e. The Balaban J connectivity index is 1.52. The second-order valence-corrected chi connectivity index (χ2v) is 10.2. The van der Waals surface area contributed by atoms with Gasteiger partial charge in [-0.15, -0.1) is 11.3 Å². The fraction of sp³-hybridized carbons (Fsp3) is 0.261. The first-order valence-electron chi connectivity index (χ1n) is 10.2. The maximum atomic E-state index is 12.7. The highest BCUT2D eigenvalue weighted by atomic mass is 79.9. The Morgan fingerprint density at radius 1 is 1.23 bits per heavy atom. The molecule has 1 aromatic carbocycles. The lowest BCUT2D eigenvalue weighted by Crippen LogP contribution is -2.32. The topological polar surface area (TPSA) is 57.3 Å². The molecule has 1 aliphatic heterocycles. The number of nitrogens with one attached hydrogen (secondary N) is 2. The Kier molecular flexibility index (Phi) is 6.99. The number of hydrogen-bond donors (Lipinski definition) is 2. The second kappa shape index (κ2) is 9.89. The molecule has 160 valence electrons. The van der Waals surface area contributed by atoms with Crippen LogP contribution in [-0.2, 0) is 11.2 Å². The van der Waals surface area contributed by atoms with Crippen LogP contribution in [0.2, 0.25) is 0 Å². The molecule has 5 nitrogen and oxygen atoms in total. The van der Waals surface area contributed by atoms with Gasteiger partial charge in [-0.1, -0.05) is 31.2 Å². The van der Waals surface area contributed by atoms with Crippen molar-refractivity contribution < 1.29 is 4.79 Å². The number of carbonyl (C=O) groups excluding carboxylic acids is 1. The largest absolute Gasteiger partial charge is 0.352 e. The van der Waals surface area contributed by atoms with Crippen molar-refractivity contribution in [3.8, 4) is 0 Å². The lowest BCUT2D eigenvalue weighted by Gasteiger charge is -2.26. The molecule has 3 heterocycles. The van der Waals surface area contributed by atoms with Gasteiger partial charge in [-0.05, 0) is 70.5 Å². The number of thiocarbonyl (C=S) groups is 1. The molecule has 1 aliphatic rings. The minimum Gasteiger partial charge on any atom is -0.352 e. The highest BCUT2D eigenvalue weighted by molar-refractivity contribution is 9.11. The molecule has 2 unspecified atom stereocenters. The number of aromatic nitrogens is 1. The molecule has 4 rings (SSSR count). The molecule has 8 heteroatoms. The predicted molar refractivity (Wildman–Crippen MR) is 133 cm³/mol. The van der Waals surface area contributed by atoms with Crippen LogP contribution in [0, 0.1) is 0 Å². The van der Waals surface area contributed by atoms with Crippen LogP contribution in [0.1, 0.15) is 41.6 Å². The van der Waals surface area contributed by atoms with Crippen molar-refractivity contribution in [1.82, 2.24) is 15.2 Å². The number of rotatable bonds is 7. The summed E-state index contributed by atoms with van der Waals surface area (Å²) < 4.78 is 1.06. The van der Waals surface area contributed by atoms with Gasteiger partial charge in [0.2, 0.25) is 5.91 Å². The van der Waals surface area contributed by atoms with Gasteiger partial charge in [-0.25, -0.2) is 0 Å². The number of benzene rings is 1.